The van der Waals surface area contributed by atoms with Gasteiger partial charge in [-0.1, -0.05) is 5.16 Å². The summed E-state index contributed by atoms with van der Waals surface area (Å²) in [5.74, 6) is 1.62. The summed E-state index contributed by atoms with van der Waals surface area (Å²) in [4.78, 5) is 9.14. The van der Waals surface area contributed by atoms with Crippen molar-refractivity contribution in [2.75, 3.05) is 53.0 Å². The van der Waals surface area contributed by atoms with Crippen LogP contribution < -0.4 is 5.32 Å². The smallest absolute Gasteiger partial charge is 0.193 e. The van der Waals surface area contributed by atoms with Gasteiger partial charge in [0.25, 0.3) is 0 Å². The largest absolute Gasteiger partial charge is 0.381 e. The van der Waals surface area contributed by atoms with E-state index in [0.717, 1.165) is 70.6 Å². The van der Waals surface area contributed by atoms with Gasteiger partial charge < -0.3 is 19.5 Å². The molecule has 3 rings (SSSR count). The first-order chi connectivity index (χ1) is 10.8. The van der Waals surface area contributed by atoms with Crippen molar-refractivity contribution >= 4 is 5.96 Å². The molecule has 7 nitrogen and oxygen atoms in total. The van der Waals surface area contributed by atoms with Gasteiger partial charge in [0.05, 0.1) is 12.3 Å². The Kier molecular flexibility index (Phi) is 5.29. The number of hydrogen-bond donors (Lipinski definition) is 1. The maximum Gasteiger partial charge on any atom is 0.193 e. The van der Waals surface area contributed by atoms with Gasteiger partial charge in [0, 0.05) is 64.9 Å². The molecule has 1 aromatic rings. The molecule has 0 bridgehead atoms. The number of ether oxygens (including phenoxy) is 1. The Morgan fingerprint density at radius 1 is 1.41 bits per heavy atom. The number of aromatic nitrogens is 1. The van der Waals surface area contributed by atoms with Crippen LogP contribution in [0.5, 0.6) is 0 Å². The van der Waals surface area contributed by atoms with Crippen LogP contribution in [-0.2, 0) is 11.3 Å². The van der Waals surface area contributed by atoms with Crippen LogP contribution in [0.1, 0.15) is 12.1 Å². The van der Waals surface area contributed by atoms with Crippen LogP contribution in [-0.4, -0.2) is 73.9 Å². The molecule has 2 aliphatic heterocycles. The lowest BCUT2D eigenvalue weighted by molar-refractivity contribution is 0.168. The fraction of sp³-hybridized carbons (Fsp3) is 0.733. The molecule has 0 radical (unpaired) electrons. The first-order valence-corrected chi connectivity index (χ1v) is 8.00. The van der Waals surface area contributed by atoms with E-state index in [-0.39, 0.29) is 0 Å². The fourth-order valence-electron chi connectivity index (χ4n) is 2.98. The Labute approximate surface area is 131 Å². The Morgan fingerprint density at radius 3 is 2.91 bits per heavy atom. The molecule has 1 aromatic heterocycles. The quantitative estimate of drug-likeness (QED) is 0.642. The summed E-state index contributed by atoms with van der Waals surface area (Å²) in [7, 11) is 1.86. The molecule has 0 amide bonds. The molecule has 0 aromatic carbocycles. The van der Waals surface area contributed by atoms with Crippen molar-refractivity contribution < 1.29 is 9.26 Å². The van der Waals surface area contributed by atoms with E-state index in [4.69, 9.17) is 9.26 Å². The maximum absolute atomic E-state index is 5.42. The van der Waals surface area contributed by atoms with E-state index in [1.165, 1.54) is 0 Å². The second-order valence-corrected chi connectivity index (χ2v) is 5.91. The molecule has 7 heteroatoms. The number of rotatable bonds is 4. The number of nitrogens with one attached hydrogen (secondary N) is 1. The third-order valence-corrected chi connectivity index (χ3v) is 4.33. The predicted octanol–water partition coefficient (Wildman–Crippen LogP) is 0.404. The van der Waals surface area contributed by atoms with Gasteiger partial charge in [-0.2, -0.15) is 0 Å². The van der Waals surface area contributed by atoms with Crippen LogP contribution in [0.15, 0.2) is 21.8 Å². The van der Waals surface area contributed by atoms with Gasteiger partial charge >= 0.3 is 0 Å². The van der Waals surface area contributed by atoms with Gasteiger partial charge in [0.1, 0.15) is 6.26 Å². The SMILES string of the molecule is CN=C(NCC1CCOC1)N1CCN(Cc2ccon2)CC1. The monoisotopic (exact) mass is 307 g/mol. The molecule has 1 unspecified atom stereocenters. The maximum atomic E-state index is 5.42. The zero-order valence-corrected chi connectivity index (χ0v) is 13.2. The summed E-state index contributed by atoms with van der Waals surface area (Å²) in [6, 6.07) is 1.93. The van der Waals surface area contributed by atoms with Crippen molar-refractivity contribution in [1.82, 2.24) is 20.3 Å². The van der Waals surface area contributed by atoms with Crippen molar-refractivity contribution in [3.63, 3.8) is 0 Å². The lowest BCUT2D eigenvalue weighted by Crippen LogP contribution is -2.52. The Morgan fingerprint density at radius 2 is 2.27 bits per heavy atom. The van der Waals surface area contributed by atoms with Crippen molar-refractivity contribution in [2.24, 2.45) is 10.9 Å². The molecule has 3 heterocycles. The van der Waals surface area contributed by atoms with Crippen LogP contribution in [0, 0.1) is 5.92 Å². The van der Waals surface area contributed by atoms with E-state index in [1.807, 2.05) is 13.1 Å². The lowest BCUT2D eigenvalue weighted by atomic mass is 10.1. The highest BCUT2D eigenvalue weighted by atomic mass is 16.5. The average Bonchev–Trinajstić information content (AvgIpc) is 3.23. The molecular weight excluding hydrogens is 282 g/mol. The standard InChI is InChI=1S/C15H25N5O2/c1-16-15(17-10-13-2-8-21-12-13)20-6-4-19(5-7-20)11-14-3-9-22-18-14/h3,9,13H,2,4-8,10-12H2,1H3,(H,16,17). The fourth-order valence-corrected chi connectivity index (χ4v) is 2.98. The summed E-state index contributed by atoms with van der Waals surface area (Å²) in [5.41, 5.74) is 0.997. The van der Waals surface area contributed by atoms with E-state index in [2.05, 4.69) is 25.3 Å². The summed E-state index contributed by atoms with van der Waals surface area (Å²) in [5, 5.41) is 7.47. The first-order valence-electron chi connectivity index (χ1n) is 8.00. The van der Waals surface area contributed by atoms with Crippen molar-refractivity contribution in [3.05, 3.63) is 18.0 Å². The van der Waals surface area contributed by atoms with Crippen LogP contribution in [0.2, 0.25) is 0 Å². The van der Waals surface area contributed by atoms with E-state index < -0.39 is 0 Å². The molecule has 0 spiro atoms. The summed E-state index contributed by atoms with van der Waals surface area (Å²) in [6.07, 6.45) is 2.78. The average molecular weight is 307 g/mol. The number of guanidine groups is 1. The molecule has 0 aliphatic carbocycles. The van der Waals surface area contributed by atoms with Gasteiger partial charge in [-0.15, -0.1) is 0 Å². The minimum atomic E-state index is 0.616. The summed E-state index contributed by atoms with van der Waals surface area (Å²) < 4.78 is 10.3. The second kappa shape index (κ2) is 7.60. The van der Waals surface area contributed by atoms with Gasteiger partial charge in [-0.05, 0) is 6.42 Å². The number of aliphatic imine (C=N–C) groups is 1. The third kappa shape index (κ3) is 3.98. The first kappa shape index (κ1) is 15.3. The van der Waals surface area contributed by atoms with Crippen molar-refractivity contribution in [1.29, 1.82) is 0 Å². The predicted molar refractivity (Wildman–Crippen MR) is 83.6 cm³/mol. The highest BCUT2D eigenvalue weighted by Gasteiger charge is 2.21. The van der Waals surface area contributed by atoms with Crippen molar-refractivity contribution in [2.45, 2.75) is 13.0 Å². The zero-order chi connectivity index (χ0) is 15.2. The lowest BCUT2D eigenvalue weighted by Gasteiger charge is -2.36. The molecule has 1 N–H and O–H groups in total. The molecule has 0 saturated carbocycles. The van der Waals surface area contributed by atoms with Gasteiger partial charge in [-0.3, -0.25) is 9.89 Å². The molecule has 1 atom stereocenters. The van der Waals surface area contributed by atoms with Crippen LogP contribution in [0.25, 0.3) is 0 Å². The zero-order valence-electron chi connectivity index (χ0n) is 13.2. The third-order valence-electron chi connectivity index (χ3n) is 4.33. The van der Waals surface area contributed by atoms with E-state index >= 15 is 0 Å². The molecule has 2 fully saturated rings. The summed E-state index contributed by atoms with van der Waals surface area (Å²) in [6.45, 7) is 7.57. The van der Waals surface area contributed by atoms with E-state index in [0.29, 0.717) is 5.92 Å². The minimum Gasteiger partial charge on any atom is -0.381 e. The van der Waals surface area contributed by atoms with E-state index in [1.54, 1.807) is 6.26 Å². The number of nitrogens with zero attached hydrogens (tertiary/aromatic N) is 4. The Balaban J connectivity index is 1.42. The van der Waals surface area contributed by atoms with Crippen LogP contribution in [0.4, 0.5) is 0 Å². The van der Waals surface area contributed by atoms with Gasteiger partial charge in [-0.25, -0.2) is 0 Å². The summed E-state index contributed by atoms with van der Waals surface area (Å²) >= 11 is 0. The minimum absolute atomic E-state index is 0.616. The highest BCUT2D eigenvalue weighted by Crippen LogP contribution is 2.11. The highest BCUT2D eigenvalue weighted by molar-refractivity contribution is 5.80. The molecular formula is C15H25N5O2. The molecule has 122 valence electrons. The number of piperazine rings is 1. The topological polar surface area (TPSA) is 66.1 Å². The Hall–Kier alpha value is -1.60. The Bertz CT molecular complexity index is 462. The van der Waals surface area contributed by atoms with Gasteiger partial charge in [0.2, 0.25) is 0 Å². The molecule has 2 saturated heterocycles. The van der Waals surface area contributed by atoms with Gasteiger partial charge in [0.15, 0.2) is 5.96 Å². The number of hydrogen-bond acceptors (Lipinski definition) is 5. The van der Waals surface area contributed by atoms with E-state index in [9.17, 15) is 0 Å². The molecule has 2 aliphatic rings. The molecule has 22 heavy (non-hydrogen) atoms. The van der Waals surface area contributed by atoms with Crippen LogP contribution in [0.3, 0.4) is 0 Å². The normalized spacial score (nSPS) is 24.0. The second-order valence-electron chi connectivity index (χ2n) is 5.91. The van der Waals surface area contributed by atoms with Crippen LogP contribution >= 0.6 is 0 Å². The van der Waals surface area contributed by atoms with Crippen molar-refractivity contribution in [3.8, 4) is 0 Å².